The van der Waals surface area contributed by atoms with E-state index in [0.29, 0.717) is 16.8 Å². The minimum atomic E-state index is -0.253. The number of benzene rings is 2. The smallest absolute Gasteiger partial charge is 0.267 e. The average Bonchev–Trinajstić information content (AvgIpc) is 2.74. The van der Waals surface area contributed by atoms with Gasteiger partial charge < -0.3 is 9.80 Å². The van der Waals surface area contributed by atoms with Crippen LogP contribution >= 0.6 is 0 Å². The first kappa shape index (κ1) is 19.4. The minimum absolute atomic E-state index is 0.243. The Morgan fingerprint density at radius 1 is 0.931 bits per heavy atom. The van der Waals surface area contributed by atoms with Crippen LogP contribution in [-0.4, -0.2) is 49.4 Å². The monoisotopic (exact) mass is 390 g/mol. The van der Waals surface area contributed by atoms with Gasteiger partial charge in [0.25, 0.3) is 11.8 Å². The van der Waals surface area contributed by atoms with Crippen LogP contribution in [0.2, 0.25) is 0 Å². The van der Waals surface area contributed by atoms with Gasteiger partial charge in [-0.05, 0) is 44.0 Å². The standard InChI is InChI=1S/C24H27N3O2/c1-4-25-12-14-26(15-13-25)16-21-19-9-5-6-10-20(19)23(28)27(24(21)29)22-11-7-8-17(2)18(22)3/h5-11,16H,4,12-15H2,1-3H3/p+1. The largest absolute Gasteiger partial charge is 0.365 e. The number of piperazine rings is 1. The Labute approximate surface area is 172 Å². The van der Waals surface area contributed by atoms with Crippen molar-refractivity contribution in [3.8, 4) is 0 Å². The number of carbonyl (C=O) groups excluding carboxylic acids is 2. The molecule has 0 radical (unpaired) electrons. The number of quaternary nitrogens is 1. The van der Waals surface area contributed by atoms with Crippen molar-refractivity contribution in [2.45, 2.75) is 20.8 Å². The maximum atomic E-state index is 13.6. The van der Waals surface area contributed by atoms with Gasteiger partial charge in [-0.3, -0.25) is 9.59 Å². The van der Waals surface area contributed by atoms with Gasteiger partial charge in [0.1, 0.15) is 0 Å². The summed E-state index contributed by atoms with van der Waals surface area (Å²) in [5.74, 6) is -0.496. The molecule has 0 unspecified atom stereocenters. The van der Waals surface area contributed by atoms with E-state index in [1.807, 2.05) is 62.5 Å². The Morgan fingerprint density at radius 3 is 2.31 bits per heavy atom. The molecule has 5 nitrogen and oxygen atoms in total. The molecule has 2 amide bonds. The van der Waals surface area contributed by atoms with Crippen molar-refractivity contribution in [2.24, 2.45) is 0 Å². The van der Waals surface area contributed by atoms with E-state index in [1.54, 1.807) is 4.90 Å². The number of carbonyl (C=O) groups is 2. The molecule has 1 fully saturated rings. The number of nitrogens with one attached hydrogen (secondary N) is 1. The number of nitrogens with zero attached hydrogens (tertiary/aromatic N) is 2. The van der Waals surface area contributed by atoms with Crippen LogP contribution < -0.4 is 9.80 Å². The number of hydrogen-bond donors (Lipinski definition) is 1. The van der Waals surface area contributed by atoms with Gasteiger partial charge in [0.05, 0.1) is 44.0 Å². The lowest BCUT2D eigenvalue weighted by Gasteiger charge is -2.34. The molecule has 1 N–H and O–H groups in total. The van der Waals surface area contributed by atoms with Gasteiger partial charge in [-0.15, -0.1) is 0 Å². The first-order chi connectivity index (χ1) is 14.0. The molecule has 5 heteroatoms. The first-order valence-corrected chi connectivity index (χ1v) is 10.3. The summed E-state index contributed by atoms with van der Waals surface area (Å²) in [7, 11) is 0. The van der Waals surface area contributed by atoms with Gasteiger partial charge in [-0.2, -0.15) is 0 Å². The number of fused-ring (bicyclic) bond motifs is 1. The van der Waals surface area contributed by atoms with E-state index in [2.05, 4.69) is 11.8 Å². The van der Waals surface area contributed by atoms with Gasteiger partial charge in [0.2, 0.25) is 0 Å². The summed E-state index contributed by atoms with van der Waals surface area (Å²) in [6.07, 6.45) is 1.97. The molecule has 0 aliphatic carbocycles. The second-order valence-corrected chi connectivity index (χ2v) is 7.89. The summed E-state index contributed by atoms with van der Waals surface area (Å²) >= 11 is 0. The quantitative estimate of drug-likeness (QED) is 0.645. The second-order valence-electron chi connectivity index (χ2n) is 7.89. The Hall–Kier alpha value is -2.92. The normalized spacial score (nSPS) is 19.1. The van der Waals surface area contributed by atoms with E-state index >= 15 is 0 Å². The zero-order valence-corrected chi connectivity index (χ0v) is 17.4. The molecule has 0 spiro atoms. The molecule has 0 saturated carbocycles. The van der Waals surface area contributed by atoms with Gasteiger partial charge >= 0.3 is 0 Å². The first-order valence-electron chi connectivity index (χ1n) is 10.3. The van der Waals surface area contributed by atoms with Crippen molar-refractivity contribution in [2.75, 3.05) is 37.6 Å². The Bertz CT molecular complexity index is 987. The van der Waals surface area contributed by atoms with Crippen molar-refractivity contribution >= 4 is 23.1 Å². The third-order valence-electron chi connectivity index (χ3n) is 6.22. The topological polar surface area (TPSA) is 45.1 Å². The van der Waals surface area contributed by atoms with Gasteiger partial charge in [-0.25, -0.2) is 4.90 Å². The van der Waals surface area contributed by atoms with Gasteiger partial charge in [0, 0.05) is 17.3 Å². The SMILES string of the molecule is CC[NH+]1CCN(C=C2C(=O)N(c3cccc(C)c3C)C(=O)c3ccccc32)CC1. The molecule has 2 aromatic carbocycles. The van der Waals surface area contributed by atoms with E-state index < -0.39 is 0 Å². The molecule has 150 valence electrons. The van der Waals surface area contributed by atoms with Gasteiger partial charge in [-0.1, -0.05) is 30.3 Å². The Balaban J connectivity index is 1.78. The van der Waals surface area contributed by atoms with E-state index in [9.17, 15) is 9.59 Å². The van der Waals surface area contributed by atoms with Gasteiger partial charge in [0.15, 0.2) is 0 Å². The minimum Gasteiger partial charge on any atom is -0.365 e. The number of hydrogen-bond acceptors (Lipinski definition) is 3. The summed E-state index contributed by atoms with van der Waals surface area (Å²) in [5, 5.41) is 0. The average molecular weight is 391 g/mol. The molecule has 1 saturated heterocycles. The van der Waals surface area contributed by atoms with E-state index in [1.165, 1.54) is 4.90 Å². The molecule has 29 heavy (non-hydrogen) atoms. The zero-order chi connectivity index (χ0) is 20.5. The predicted octanol–water partition coefficient (Wildman–Crippen LogP) is 2.05. The molecule has 0 bridgehead atoms. The maximum Gasteiger partial charge on any atom is 0.267 e. The fourth-order valence-electron chi connectivity index (χ4n) is 4.18. The van der Waals surface area contributed by atoms with Crippen LogP contribution in [0.3, 0.4) is 0 Å². The van der Waals surface area contributed by atoms with Crippen molar-refractivity contribution in [1.82, 2.24) is 4.90 Å². The highest BCUT2D eigenvalue weighted by atomic mass is 16.2. The van der Waals surface area contributed by atoms with Crippen molar-refractivity contribution in [3.63, 3.8) is 0 Å². The Kier molecular flexibility index (Phi) is 5.24. The lowest BCUT2D eigenvalue weighted by molar-refractivity contribution is -0.902. The molecule has 0 aromatic heterocycles. The molecule has 2 heterocycles. The molecular weight excluding hydrogens is 362 g/mol. The van der Waals surface area contributed by atoms with Crippen LogP contribution in [0.15, 0.2) is 48.7 Å². The number of rotatable bonds is 3. The molecule has 2 aromatic rings. The fraction of sp³-hybridized carbons (Fsp3) is 0.333. The number of aryl methyl sites for hydroxylation is 1. The van der Waals surface area contributed by atoms with Crippen molar-refractivity contribution in [1.29, 1.82) is 0 Å². The molecule has 2 aliphatic heterocycles. The molecular formula is C24H28N3O2+. The highest BCUT2D eigenvalue weighted by Gasteiger charge is 2.37. The summed E-state index contributed by atoms with van der Waals surface area (Å²) in [6, 6.07) is 13.2. The maximum absolute atomic E-state index is 13.6. The zero-order valence-electron chi connectivity index (χ0n) is 17.4. The summed E-state index contributed by atoms with van der Waals surface area (Å²) in [5.41, 5.74) is 4.59. The molecule has 4 rings (SSSR count). The summed E-state index contributed by atoms with van der Waals surface area (Å²) in [6.45, 7) is 11.3. The fourth-order valence-corrected chi connectivity index (χ4v) is 4.18. The summed E-state index contributed by atoms with van der Waals surface area (Å²) in [4.78, 5) is 32.0. The van der Waals surface area contributed by atoms with Crippen LogP contribution in [0.1, 0.15) is 34.0 Å². The van der Waals surface area contributed by atoms with E-state index in [0.717, 1.165) is 49.4 Å². The third kappa shape index (κ3) is 3.47. The van der Waals surface area contributed by atoms with Crippen molar-refractivity contribution in [3.05, 3.63) is 70.9 Å². The Morgan fingerprint density at radius 2 is 1.62 bits per heavy atom. The second kappa shape index (κ2) is 7.84. The summed E-state index contributed by atoms with van der Waals surface area (Å²) < 4.78 is 0. The van der Waals surface area contributed by atoms with Crippen LogP contribution in [0.4, 0.5) is 5.69 Å². The van der Waals surface area contributed by atoms with Crippen LogP contribution in [0, 0.1) is 13.8 Å². The lowest BCUT2D eigenvalue weighted by Crippen LogP contribution is -3.14. The van der Waals surface area contributed by atoms with E-state index in [-0.39, 0.29) is 11.8 Å². The number of anilines is 1. The molecule has 2 aliphatic rings. The lowest BCUT2D eigenvalue weighted by atomic mass is 9.92. The third-order valence-corrected chi connectivity index (χ3v) is 6.22. The molecule has 0 atom stereocenters. The van der Waals surface area contributed by atoms with Crippen molar-refractivity contribution < 1.29 is 14.5 Å². The predicted molar refractivity (Wildman–Crippen MR) is 115 cm³/mol. The number of amides is 2. The number of likely N-dealkylation sites (N-methyl/N-ethyl adjacent to an activating group) is 1. The van der Waals surface area contributed by atoms with E-state index in [4.69, 9.17) is 0 Å². The van der Waals surface area contributed by atoms with Crippen LogP contribution in [0.5, 0.6) is 0 Å². The number of imide groups is 1. The highest BCUT2D eigenvalue weighted by molar-refractivity contribution is 6.41. The highest BCUT2D eigenvalue weighted by Crippen LogP contribution is 2.34. The van der Waals surface area contributed by atoms with Crippen LogP contribution in [0.25, 0.3) is 5.57 Å². The van der Waals surface area contributed by atoms with Crippen LogP contribution in [-0.2, 0) is 4.79 Å².